The smallest absolute Gasteiger partial charge is 0.179 e. The topological polar surface area (TPSA) is 51.2 Å². The first-order valence-electron chi connectivity index (χ1n) is 4.52. The minimum atomic E-state index is -3.38. The summed E-state index contributed by atoms with van der Waals surface area (Å²) in [5.41, 5.74) is 1.46. The summed E-state index contributed by atoms with van der Waals surface area (Å²) in [5, 5.41) is 0. The van der Waals surface area contributed by atoms with Crippen molar-refractivity contribution in [1.82, 2.24) is 0 Å². The molecule has 4 heteroatoms. The molecule has 1 aromatic carbocycles. The van der Waals surface area contributed by atoms with E-state index in [0.29, 0.717) is 5.57 Å². The van der Waals surface area contributed by atoms with Gasteiger partial charge < -0.3 is 0 Å². The lowest BCUT2D eigenvalue weighted by Gasteiger charge is -2.20. The van der Waals surface area contributed by atoms with Gasteiger partial charge in [0, 0.05) is 12.7 Å². The van der Waals surface area contributed by atoms with Crippen LogP contribution in [-0.4, -0.2) is 20.5 Å². The fourth-order valence-corrected chi connectivity index (χ4v) is 2.81. The highest BCUT2D eigenvalue weighted by Crippen LogP contribution is 2.35. The predicted octanol–water partition coefficient (Wildman–Crippen LogP) is 1.42. The molecule has 0 atom stereocenters. The Hall–Kier alpha value is -1.42. The second-order valence-corrected chi connectivity index (χ2v) is 5.50. The first kappa shape index (κ1) is 10.1. The average molecular weight is 222 g/mol. The van der Waals surface area contributed by atoms with Gasteiger partial charge in [0.15, 0.2) is 15.6 Å². The molecule has 0 spiro atoms. The minimum absolute atomic E-state index is 0.0197. The Balaban J connectivity index is 2.57. The number of hydrogen-bond donors (Lipinski definition) is 0. The number of rotatable bonds is 2. The SMILES string of the molecule is CS(=O)(=O)C1=C(c2ccccc2)CC1=O. The van der Waals surface area contributed by atoms with Crippen molar-refractivity contribution in [2.24, 2.45) is 0 Å². The molecule has 1 aliphatic carbocycles. The Morgan fingerprint density at radius 1 is 1.13 bits per heavy atom. The molecule has 3 nitrogen and oxygen atoms in total. The van der Waals surface area contributed by atoms with E-state index in [2.05, 4.69) is 0 Å². The van der Waals surface area contributed by atoms with E-state index < -0.39 is 9.84 Å². The van der Waals surface area contributed by atoms with Gasteiger partial charge >= 0.3 is 0 Å². The van der Waals surface area contributed by atoms with Crippen molar-refractivity contribution >= 4 is 21.2 Å². The van der Waals surface area contributed by atoms with E-state index in [0.717, 1.165) is 11.8 Å². The van der Waals surface area contributed by atoms with Gasteiger partial charge in [0.2, 0.25) is 0 Å². The third-order valence-corrected chi connectivity index (χ3v) is 3.57. The van der Waals surface area contributed by atoms with E-state index in [9.17, 15) is 13.2 Å². The van der Waals surface area contributed by atoms with Crippen LogP contribution in [0.4, 0.5) is 0 Å². The maximum absolute atomic E-state index is 11.3. The number of carbonyl (C=O) groups is 1. The van der Waals surface area contributed by atoms with Gasteiger partial charge in [0.25, 0.3) is 0 Å². The normalized spacial score (nSPS) is 16.5. The van der Waals surface area contributed by atoms with E-state index >= 15 is 0 Å². The molecule has 1 aromatic rings. The van der Waals surface area contributed by atoms with Gasteiger partial charge in [-0.15, -0.1) is 0 Å². The summed E-state index contributed by atoms with van der Waals surface area (Å²) in [7, 11) is -3.38. The molecule has 0 unspecified atom stereocenters. The van der Waals surface area contributed by atoms with Gasteiger partial charge in [-0.05, 0) is 11.1 Å². The van der Waals surface area contributed by atoms with Gasteiger partial charge in [-0.2, -0.15) is 0 Å². The van der Waals surface area contributed by atoms with Gasteiger partial charge in [-0.25, -0.2) is 8.42 Å². The lowest BCUT2D eigenvalue weighted by atomic mass is 9.90. The zero-order valence-electron chi connectivity index (χ0n) is 8.23. The van der Waals surface area contributed by atoms with Crippen LogP contribution in [0.25, 0.3) is 5.57 Å². The molecule has 0 aromatic heterocycles. The standard InChI is InChI=1S/C11H10O3S/c1-15(13,14)11-9(7-10(11)12)8-5-3-2-4-6-8/h2-6H,7H2,1H3. The number of hydrogen-bond acceptors (Lipinski definition) is 3. The highest BCUT2D eigenvalue weighted by molar-refractivity contribution is 7.95. The van der Waals surface area contributed by atoms with Gasteiger partial charge in [0.1, 0.15) is 4.91 Å². The monoisotopic (exact) mass is 222 g/mol. The fourth-order valence-electron chi connectivity index (χ4n) is 1.69. The van der Waals surface area contributed by atoms with E-state index in [-0.39, 0.29) is 17.1 Å². The summed E-state index contributed by atoms with van der Waals surface area (Å²) >= 11 is 0. The van der Waals surface area contributed by atoms with E-state index in [4.69, 9.17) is 0 Å². The Morgan fingerprint density at radius 2 is 1.73 bits per heavy atom. The zero-order chi connectivity index (χ0) is 11.1. The Morgan fingerprint density at radius 3 is 2.20 bits per heavy atom. The maximum atomic E-state index is 11.3. The van der Waals surface area contributed by atoms with Crippen molar-refractivity contribution in [3.8, 4) is 0 Å². The predicted molar refractivity (Wildman–Crippen MR) is 57.8 cm³/mol. The first-order valence-corrected chi connectivity index (χ1v) is 6.41. The number of ketones is 1. The molecule has 0 radical (unpaired) electrons. The molecule has 0 heterocycles. The molecule has 0 fully saturated rings. The number of sulfone groups is 1. The van der Waals surface area contributed by atoms with E-state index in [1.54, 1.807) is 0 Å². The minimum Gasteiger partial charge on any atom is -0.293 e. The van der Waals surface area contributed by atoms with Crippen molar-refractivity contribution in [2.75, 3.05) is 6.26 Å². The second-order valence-electron chi connectivity index (χ2n) is 3.55. The molecule has 0 amide bonds. The number of carbonyl (C=O) groups excluding carboxylic acids is 1. The number of Topliss-reactive ketones (excluding diaryl/α,β-unsaturated/α-hetero) is 1. The molecule has 0 saturated carbocycles. The van der Waals surface area contributed by atoms with Gasteiger partial charge in [-0.3, -0.25) is 4.79 Å². The average Bonchev–Trinajstić information content (AvgIpc) is 2.12. The van der Waals surface area contributed by atoms with E-state index in [1.165, 1.54) is 0 Å². The molecular formula is C11H10O3S. The fraction of sp³-hybridized carbons (Fsp3) is 0.182. The third kappa shape index (κ3) is 1.72. The van der Waals surface area contributed by atoms with Crippen LogP contribution in [0.1, 0.15) is 12.0 Å². The molecule has 0 aliphatic heterocycles. The summed E-state index contributed by atoms with van der Waals surface area (Å²) in [5.74, 6) is -0.281. The van der Waals surface area contributed by atoms with Crippen LogP contribution < -0.4 is 0 Å². The van der Waals surface area contributed by atoms with Crippen molar-refractivity contribution < 1.29 is 13.2 Å². The van der Waals surface area contributed by atoms with Crippen LogP contribution in [-0.2, 0) is 14.6 Å². The number of benzene rings is 1. The summed E-state index contributed by atoms with van der Waals surface area (Å²) in [6.07, 6.45) is 1.30. The van der Waals surface area contributed by atoms with Crippen LogP contribution in [0, 0.1) is 0 Å². The summed E-state index contributed by atoms with van der Waals surface area (Å²) in [4.78, 5) is 11.2. The quantitative estimate of drug-likeness (QED) is 0.760. The van der Waals surface area contributed by atoms with Crippen LogP contribution in [0.2, 0.25) is 0 Å². The molecule has 78 valence electrons. The van der Waals surface area contributed by atoms with Crippen molar-refractivity contribution in [3.05, 3.63) is 40.8 Å². The highest BCUT2D eigenvalue weighted by Gasteiger charge is 2.34. The van der Waals surface area contributed by atoms with Gasteiger partial charge in [-0.1, -0.05) is 30.3 Å². The van der Waals surface area contributed by atoms with Crippen LogP contribution in [0.5, 0.6) is 0 Å². The zero-order valence-corrected chi connectivity index (χ0v) is 9.04. The lowest BCUT2D eigenvalue weighted by Crippen LogP contribution is -2.23. The largest absolute Gasteiger partial charge is 0.293 e. The van der Waals surface area contributed by atoms with Crippen molar-refractivity contribution in [2.45, 2.75) is 6.42 Å². The molecule has 0 bridgehead atoms. The summed E-state index contributed by atoms with van der Waals surface area (Å²) in [6, 6.07) is 9.13. The molecule has 0 N–H and O–H groups in total. The molecular weight excluding hydrogens is 212 g/mol. The summed E-state index contributed by atoms with van der Waals surface area (Å²) in [6.45, 7) is 0. The first-order chi connectivity index (χ1) is 7.00. The highest BCUT2D eigenvalue weighted by atomic mass is 32.2. The molecule has 0 saturated heterocycles. The van der Waals surface area contributed by atoms with E-state index in [1.807, 2.05) is 30.3 Å². The summed E-state index contributed by atoms with van der Waals surface area (Å²) < 4.78 is 22.7. The van der Waals surface area contributed by atoms with Gasteiger partial charge in [0.05, 0.1) is 0 Å². The third-order valence-electron chi connectivity index (χ3n) is 2.36. The number of allylic oxidation sites excluding steroid dienone is 2. The Labute approximate surface area is 88.3 Å². The maximum Gasteiger partial charge on any atom is 0.179 e. The van der Waals surface area contributed by atoms with Crippen LogP contribution >= 0.6 is 0 Å². The molecule has 15 heavy (non-hydrogen) atoms. The van der Waals surface area contributed by atoms with Crippen LogP contribution in [0.3, 0.4) is 0 Å². The molecule has 2 rings (SSSR count). The Kier molecular flexibility index (Phi) is 2.23. The van der Waals surface area contributed by atoms with Crippen molar-refractivity contribution in [1.29, 1.82) is 0 Å². The second kappa shape index (κ2) is 3.31. The Bertz CT molecular complexity index is 538. The van der Waals surface area contributed by atoms with Crippen LogP contribution in [0.15, 0.2) is 35.2 Å². The van der Waals surface area contributed by atoms with Crippen molar-refractivity contribution in [3.63, 3.8) is 0 Å². The molecule has 1 aliphatic rings. The lowest BCUT2D eigenvalue weighted by molar-refractivity contribution is -0.115.